The number of likely N-dealkylation sites (tertiary alicyclic amines) is 1. The number of hydrogen-bond acceptors (Lipinski definition) is 5. The van der Waals surface area contributed by atoms with Gasteiger partial charge in [-0.1, -0.05) is 37.3 Å². The van der Waals surface area contributed by atoms with Crippen LogP contribution in [0.2, 0.25) is 0 Å². The number of benzene rings is 1. The molecule has 4 heterocycles. The van der Waals surface area contributed by atoms with Crippen molar-refractivity contribution in [3.8, 4) is 10.6 Å². The second-order valence-electron chi connectivity index (χ2n) is 10.1. The van der Waals surface area contributed by atoms with E-state index in [4.69, 9.17) is 4.98 Å². The highest BCUT2D eigenvalue weighted by atomic mass is 32.1. The van der Waals surface area contributed by atoms with E-state index in [0.717, 1.165) is 40.4 Å². The number of aryl methyl sites for hydroxylation is 1. The molecule has 5 nitrogen and oxygen atoms in total. The maximum Gasteiger partial charge on any atom is 0.266 e. The number of pyridine rings is 1. The summed E-state index contributed by atoms with van der Waals surface area (Å²) in [5.41, 5.74) is 3.28. The summed E-state index contributed by atoms with van der Waals surface area (Å²) < 4.78 is 0. The lowest BCUT2D eigenvalue weighted by Crippen LogP contribution is -2.58. The van der Waals surface area contributed by atoms with Gasteiger partial charge in [0.05, 0.1) is 5.69 Å². The highest BCUT2D eigenvalue weighted by Crippen LogP contribution is 2.54. The molecule has 2 bridgehead atoms. The van der Waals surface area contributed by atoms with Crippen molar-refractivity contribution in [2.24, 2.45) is 5.41 Å². The van der Waals surface area contributed by atoms with E-state index in [1.807, 2.05) is 25.3 Å². The lowest BCUT2D eigenvalue weighted by atomic mass is 9.65. The van der Waals surface area contributed by atoms with Gasteiger partial charge in [-0.25, -0.2) is 4.98 Å². The fourth-order valence-electron chi connectivity index (χ4n) is 6.58. The molecule has 2 aliphatic heterocycles. The Morgan fingerprint density at radius 1 is 1.21 bits per heavy atom. The summed E-state index contributed by atoms with van der Waals surface area (Å²) in [6, 6.07) is 15.9. The second-order valence-corrected chi connectivity index (χ2v) is 11.1. The quantitative estimate of drug-likeness (QED) is 0.606. The number of nitrogens with zero attached hydrogens (tertiary/aromatic N) is 3. The molecule has 1 N–H and O–H groups in total. The minimum Gasteiger partial charge on any atom is -0.330 e. The number of rotatable bonds is 4. The first-order chi connectivity index (χ1) is 16.0. The summed E-state index contributed by atoms with van der Waals surface area (Å²) in [4.78, 5) is 26.2. The van der Waals surface area contributed by atoms with Crippen molar-refractivity contribution in [2.75, 3.05) is 0 Å². The Balaban J connectivity index is 1.36. The summed E-state index contributed by atoms with van der Waals surface area (Å²) >= 11 is 1.51. The molecule has 33 heavy (non-hydrogen) atoms. The van der Waals surface area contributed by atoms with E-state index in [-0.39, 0.29) is 23.4 Å². The van der Waals surface area contributed by atoms with E-state index >= 15 is 0 Å². The van der Waals surface area contributed by atoms with Gasteiger partial charge in [-0.05, 0) is 56.7 Å². The zero-order valence-corrected chi connectivity index (χ0v) is 20.0. The highest BCUT2D eigenvalue weighted by molar-refractivity contribution is 7.17. The SMILES string of the molecule is Cc1nc(-c2cccnc2)sc1C(=O)N1[C@H]2CCC[C@H]3N[C@H](Cc4ccccc4)[C@@H]1C[C@@]23C. The maximum atomic E-state index is 14.1. The molecule has 1 aromatic carbocycles. The smallest absolute Gasteiger partial charge is 0.266 e. The van der Waals surface area contributed by atoms with Crippen LogP contribution in [0.5, 0.6) is 0 Å². The molecule has 170 valence electrons. The Morgan fingerprint density at radius 2 is 2.06 bits per heavy atom. The zero-order chi connectivity index (χ0) is 22.6. The van der Waals surface area contributed by atoms with Gasteiger partial charge in [-0.3, -0.25) is 9.78 Å². The number of carbonyl (C=O) groups is 1. The Morgan fingerprint density at radius 3 is 2.85 bits per heavy atom. The Hall–Kier alpha value is -2.57. The van der Waals surface area contributed by atoms with Gasteiger partial charge in [0, 0.05) is 47.5 Å². The van der Waals surface area contributed by atoms with Crippen molar-refractivity contribution in [3.63, 3.8) is 0 Å². The van der Waals surface area contributed by atoms with Crippen LogP contribution in [0.25, 0.3) is 10.6 Å². The third-order valence-corrected chi connectivity index (χ3v) is 9.38. The molecule has 3 fully saturated rings. The van der Waals surface area contributed by atoms with Crippen LogP contribution >= 0.6 is 11.3 Å². The topological polar surface area (TPSA) is 58.1 Å². The van der Waals surface area contributed by atoms with E-state index in [0.29, 0.717) is 12.1 Å². The molecule has 2 aromatic heterocycles. The molecule has 1 amide bonds. The molecule has 1 saturated carbocycles. The van der Waals surface area contributed by atoms with Crippen LogP contribution in [-0.2, 0) is 6.42 Å². The predicted octanol–water partition coefficient (Wildman–Crippen LogP) is 4.87. The molecule has 0 spiro atoms. The summed E-state index contributed by atoms with van der Waals surface area (Å²) in [5.74, 6) is 0.168. The fourth-order valence-corrected chi connectivity index (χ4v) is 7.58. The third-order valence-electron chi connectivity index (χ3n) is 8.18. The normalized spacial score (nSPS) is 30.4. The maximum absolute atomic E-state index is 14.1. The zero-order valence-electron chi connectivity index (χ0n) is 19.2. The monoisotopic (exact) mass is 458 g/mol. The van der Waals surface area contributed by atoms with Gasteiger partial charge >= 0.3 is 0 Å². The number of fused-ring (bicyclic) bond motifs is 1. The van der Waals surface area contributed by atoms with Gasteiger partial charge in [-0.2, -0.15) is 0 Å². The van der Waals surface area contributed by atoms with Crippen molar-refractivity contribution < 1.29 is 4.79 Å². The van der Waals surface area contributed by atoms with Crippen LogP contribution in [0.4, 0.5) is 0 Å². The number of nitrogens with one attached hydrogen (secondary N) is 1. The van der Waals surface area contributed by atoms with Gasteiger partial charge in [0.15, 0.2) is 0 Å². The minimum atomic E-state index is 0.149. The van der Waals surface area contributed by atoms with Gasteiger partial charge in [0.2, 0.25) is 0 Å². The highest BCUT2D eigenvalue weighted by Gasteiger charge is 2.61. The first-order valence-electron chi connectivity index (χ1n) is 12.0. The van der Waals surface area contributed by atoms with Crippen molar-refractivity contribution in [1.29, 1.82) is 0 Å². The molecular weight excluding hydrogens is 428 g/mol. The summed E-state index contributed by atoms with van der Waals surface area (Å²) in [6.45, 7) is 4.38. The fraction of sp³-hybridized carbons (Fsp3) is 0.444. The molecule has 0 unspecified atom stereocenters. The first kappa shape index (κ1) is 21.0. The van der Waals surface area contributed by atoms with E-state index in [1.165, 1.54) is 29.7 Å². The Kier molecular flexibility index (Phi) is 5.11. The molecule has 2 saturated heterocycles. The molecule has 1 aliphatic carbocycles. The van der Waals surface area contributed by atoms with Crippen molar-refractivity contribution in [3.05, 3.63) is 71.0 Å². The molecule has 3 aromatic rings. The van der Waals surface area contributed by atoms with Gasteiger partial charge in [0.1, 0.15) is 9.88 Å². The van der Waals surface area contributed by atoms with Crippen LogP contribution in [0.3, 0.4) is 0 Å². The van der Waals surface area contributed by atoms with Crippen LogP contribution in [-0.4, -0.2) is 44.9 Å². The predicted molar refractivity (Wildman–Crippen MR) is 131 cm³/mol. The molecule has 3 aliphatic rings. The van der Waals surface area contributed by atoms with Crippen LogP contribution in [0, 0.1) is 12.3 Å². The largest absolute Gasteiger partial charge is 0.330 e. The number of aromatic nitrogens is 2. The molecule has 0 radical (unpaired) electrons. The van der Waals surface area contributed by atoms with Crippen molar-refractivity contribution >= 4 is 17.2 Å². The number of amides is 1. The lowest BCUT2D eigenvalue weighted by molar-refractivity contribution is 0.0562. The summed E-state index contributed by atoms with van der Waals surface area (Å²) in [6.07, 6.45) is 9.11. The van der Waals surface area contributed by atoms with E-state index in [9.17, 15) is 4.79 Å². The summed E-state index contributed by atoms with van der Waals surface area (Å²) in [5, 5.41) is 4.88. The standard InChI is InChI=1S/C27H30N4OS/c1-17-24(33-25(29-17)19-10-7-13-28-16-19)26(32)31-21-15-27(2)22(11-6-12-23(27)31)30-20(21)14-18-8-4-3-5-9-18/h3-5,7-10,13,16,20-23,30H,6,11-12,14-15H2,1-2H3/t20-,21+,22-,23+,27-/m1/s1. The average Bonchev–Trinajstić information content (AvgIpc) is 3.37. The molecule has 6 heteroatoms. The number of thiazole rings is 1. The van der Waals surface area contributed by atoms with Crippen LogP contribution in [0.15, 0.2) is 54.9 Å². The van der Waals surface area contributed by atoms with Crippen LogP contribution < -0.4 is 5.32 Å². The Bertz CT molecular complexity index is 1160. The van der Waals surface area contributed by atoms with E-state index in [1.54, 1.807) is 6.20 Å². The number of hydrogen-bond donors (Lipinski definition) is 1. The number of carbonyl (C=O) groups excluding carboxylic acids is 1. The van der Waals surface area contributed by atoms with E-state index < -0.39 is 0 Å². The summed E-state index contributed by atoms with van der Waals surface area (Å²) in [7, 11) is 0. The molecular formula is C27H30N4OS. The second kappa shape index (κ2) is 8.03. The van der Waals surface area contributed by atoms with E-state index in [2.05, 4.69) is 52.5 Å². The van der Waals surface area contributed by atoms with Gasteiger partial charge in [-0.15, -0.1) is 11.3 Å². The number of piperidine rings is 1. The minimum absolute atomic E-state index is 0.149. The lowest BCUT2D eigenvalue weighted by Gasteiger charge is -2.46. The van der Waals surface area contributed by atoms with Crippen molar-refractivity contribution in [2.45, 2.75) is 70.1 Å². The van der Waals surface area contributed by atoms with Crippen LogP contribution in [0.1, 0.15) is 53.5 Å². The third kappa shape index (κ3) is 3.42. The molecule has 6 rings (SSSR count). The Labute approximate surface area is 199 Å². The molecule has 5 atom stereocenters. The van der Waals surface area contributed by atoms with Gasteiger partial charge < -0.3 is 10.2 Å². The first-order valence-corrected chi connectivity index (χ1v) is 12.9. The average molecular weight is 459 g/mol. The van der Waals surface area contributed by atoms with Gasteiger partial charge in [0.25, 0.3) is 5.91 Å². The van der Waals surface area contributed by atoms with Crippen molar-refractivity contribution in [1.82, 2.24) is 20.2 Å².